The van der Waals surface area contributed by atoms with Gasteiger partial charge in [-0.3, -0.25) is 9.13 Å². The van der Waals surface area contributed by atoms with Crippen molar-refractivity contribution in [3.05, 3.63) is 0 Å². The van der Waals surface area contributed by atoms with Crippen LogP contribution in [0.15, 0.2) is 0 Å². The molecule has 0 aromatic rings. The Morgan fingerprint density at radius 3 is 1.70 bits per heavy atom. The quantitative estimate of drug-likeness (QED) is 0.337. The summed E-state index contributed by atoms with van der Waals surface area (Å²) in [6, 6.07) is 0. The summed E-state index contributed by atoms with van der Waals surface area (Å²) in [6.07, 6.45) is -5.52. The van der Waals surface area contributed by atoms with Gasteiger partial charge in [-0.1, -0.05) is 0 Å². The van der Waals surface area contributed by atoms with Crippen LogP contribution in [0.25, 0.3) is 0 Å². The van der Waals surface area contributed by atoms with E-state index in [1.165, 1.54) is 0 Å². The number of phosphoric acid groups is 2. The van der Waals surface area contributed by atoms with E-state index in [2.05, 4.69) is 0 Å². The summed E-state index contributed by atoms with van der Waals surface area (Å²) in [6.45, 7) is 3.80. The number of aliphatic hydroxyl groups excluding tert-OH is 2. The highest BCUT2D eigenvalue weighted by molar-refractivity contribution is 7.46. The molecule has 0 aliphatic carbocycles. The van der Waals surface area contributed by atoms with Gasteiger partial charge in [-0.15, -0.1) is 0 Å². The van der Waals surface area contributed by atoms with Crippen LogP contribution in [0, 0.1) is 0 Å². The third kappa shape index (κ3) is 8.01. The maximum atomic E-state index is 12.3. The molecular formula is C18H32O13P2-2. The Morgan fingerprint density at radius 2 is 1.21 bits per heavy atom. The van der Waals surface area contributed by atoms with Crippen LogP contribution < -0.4 is 9.79 Å². The van der Waals surface area contributed by atoms with E-state index in [9.17, 15) is 29.1 Å². The van der Waals surface area contributed by atoms with E-state index in [1.807, 2.05) is 0 Å². The maximum Gasteiger partial charge on any atom is 0.268 e. The molecule has 3 heterocycles. The van der Waals surface area contributed by atoms with Crippen LogP contribution in [0.1, 0.15) is 40.0 Å². The van der Waals surface area contributed by atoms with E-state index >= 15 is 0 Å². The lowest BCUT2D eigenvalue weighted by Crippen LogP contribution is -2.33. The fourth-order valence-electron chi connectivity index (χ4n) is 4.18. The minimum absolute atomic E-state index is 0.161. The molecule has 3 fully saturated rings. The van der Waals surface area contributed by atoms with Gasteiger partial charge in [0.1, 0.15) is 18.3 Å². The molecule has 13 nitrogen and oxygen atoms in total. The Balaban J connectivity index is 1.50. The summed E-state index contributed by atoms with van der Waals surface area (Å²) >= 11 is 0. The van der Waals surface area contributed by atoms with Gasteiger partial charge in [0.15, 0.2) is 0 Å². The molecule has 2 N–H and O–H groups in total. The molecule has 0 aromatic carbocycles. The van der Waals surface area contributed by atoms with Crippen LogP contribution in [0.5, 0.6) is 0 Å². The predicted molar refractivity (Wildman–Crippen MR) is 107 cm³/mol. The van der Waals surface area contributed by atoms with E-state index in [0.29, 0.717) is 6.42 Å². The van der Waals surface area contributed by atoms with E-state index in [1.54, 1.807) is 20.8 Å². The van der Waals surface area contributed by atoms with Crippen molar-refractivity contribution in [2.24, 2.45) is 0 Å². The molecule has 194 valence electrons. The van der Waals surface area contributed by atoms with Gasteiger partial charge in [0.05, 0.1) is 56.4 Å². The Hall–Kier alpha value is 0.0200. The van der Waals surface area contributed by atoms with Gasteiger partial charge in [0.2, 0.25) is 0 Å². The van der Waals surface area contributed by atoms with Crippen molar-refractivity contribution in [2.45, 2.75) is 95.0 Å². The third-order valence-electron chi connectivity index (χ3n) is 5.68. The Labute approximate surface area is 192 Å². The molecule has 0 saturated carbocycles. The highest BCUT2D eigenvalue weighted by Gasteiger charge is 2.40. The number of ether oxygens (including phenoxy) is 3. The molecule has 3 rings (SSSR count). The summed E-state index contributed by atoms with van der Waals surface area (Å²) in [5, 5.41) is 19.2. The first-order valence-corrected chi connectivity index (χ1v) is 13.8. The first-order chi connectivity index (χ1) is 15.4. The monoisotopic (exact) mass is 518 g/mol. The second kappa shape index (κ2) is 11.4. The van der Waals surface area contributed by atoms with E-state index in [0.717, 1.165) is 0 Å². The van der Waals surface area contributed by atoms with Gasteiger partial charge >= 0.3 is 0 Å². The lowest BCUT2D eigenvalue weighted by molar-refractivity contribution is -0.237. The largest absolute Gasteiger partial charge is 0.756 e. The summed E-state index contributed by atoms with van der Waals surface area (Å²) in [5.74, 6) is 0. The second-order valence-electron chi connectivity index (χ2n) is 8.69. The highest BCUT2D eigenvalue weighted by atomic mass is 31.2. The summed E-state index contributed by atoms with van der Waals surface area (Å²) in [4.78, 5) is 24.5. The van der Waals surface area contributed by atoms with Crippen LogP contribution in [0.4, 0.5) is 0 Å². The van der Waals surface area contributed by atoms with E-state index in [4.69, 9.17) is 32.3 Å². The predicted octanol–water partition coefficient (Wildman–Crippen LogP) is -0.388. The number of rotatable bonds is 11. The van der Waals surface area contributed by atoms with Crippen molar-refractivity contribution >= 4 is 15.6 Å². The average molecular weight is 518 g/mol. The van der Waals surface area contributed by atoms with Crippen molar-refractivity contribution in [1.82, 2.24) is 0 Å². The lowest BCUT2D eigenvalue weighted by Gasteiger charge is -2.31. The summed E-state index contributed by atoms with van der Waals surface area (Å²) in [7, 11) is -9.62. The second-order valence-corrected chi connectivity index (χ2v) is 11.4. The average Bonchev–Trinajstić information content (AvgIpc) is 3.33. The first-order valence-electron chi connectivity index (χ1n) is 10.9. The normalized spacial score (nSPS) is 42.9. The van der Waals surface area contributed by atoms with Gasteiger partial charge in [-0.05, 0) is 20.8 Å². The summed E-state index contributed by atoms with van der Waals surface area (Å²) in [5.41, 5.74) is 0. The zero-order valence-corrected chi connectivity index (χ0v) is 20.5. The SMILES string of the molecule is CC1C[C@@H](O)[C@@H](COP(=O)([O-])O[C@@H]2CC(C)O[C@@H]2COP(=O)([O-])O[C@@H]2CC(C)O[C@@H]2CO)O1. The van der Waals surface area contributed by atoms with E-state index < -0.39 is 78.2 Å². The summed E-state index contributed by atoms with van der Waals surface area (Å²) < 4.78 is 60.8. The van der Waals surface area contributed by atoms with Gasteiger partial charge in [0.25, 0.3) is 15.6 Å². The maximum absolute atomic E-state index is 12.3. The minimum Gasteiger partial charge on any atom is -0.756 e. The van der Waals surface area contributed by atoms with Crippen LogP contribution >= 0.6 is 15.6 Å². The lowest BCUT2D eigenvalue weighted by atomic mass is 10.1. The standard InChI is InChI=1S/C18H34O13P2/c1-10-4-13(20)17(28-10)8-25-32(21,22)31-15-6-12(3)29-18(15)9-26-33(23,24)30-14-5-11(2)27-16(14)7-19/h10-20H,4-9H2,1-3H3,(H,21,22)(H,23,24)/p-2/t10?,11?,12?,13-,14-,15-,16-,17-,18-/m1/s1. The van der Waals surface area contributed by atoms with E-state index in [-0.39, 0.29) is 25.0 Å². The minimum atomic E-state index is -4.81. The smallest absolute Gasteiger partial charge is 0.268 e. The Kier molecular flexibility index (Phi) is 9.52. The third-order valence-corrected chi connectivity index (χ3v) is 7.67. The van der Waals surface area contributed by atoms with Gasteiger partial charge in [-0.25, -0.2) is 0 Å². The Bertz CT molecular complexity index is 738. The highest BCUT2D eigenvalue weighted by Crippen LogP contribution is 2.47. The van der Waals surface area contributed by atoms with Crippen LogP contribution in [0.3, 0.4) is 0 Å². The number of phosphoric ester groups is 2. The van der Waals surface area contributed by atoms with Crippen molar-refractivity contribution in [3.63, 3.8) is 0 Å². The molecule has 0 radical (unpaired) electrons. The fourth-order valence-corrected chi connectivity index (χ4v) is 6.07. The molecule has 0 amide bonds. The topological polar surface area (TPSA) is 185 Å². The number of hydrogen-bond acceptors (Lipinski definition) is 13. The first kappa shape index (κ1) is 27.6. The van der Waals surface area contributed by atoms with Crippen LogP contribution in [-0.2, 0) is 41.4 Å². The number of aliphatic hydroxyl groups is 2. The molecule has 3 saturated heterocycles. The Morgan fingerprint density at radius 1 is 0.788 bits per heavy atom. The zero-order chi connectivity index (χ0) is 24.4. The fraction of sp³-hybridized carbons (Fsp3) is 1.00. The van der Waals surface area contributed by atoms with Gasteiger partial charge in [-0.2, -0.15) is 0 Å². The number of hydrogen-bond donors (Lipinski definition) is 2. The van der Waals surface area contributed by atoms with Crippen molar-refractivity contribution in [2.75, 3.05) is 19.8 Å². The van der Waals surface area contributed by atoms with Crippen molar-refractivity contribution in [1.29, 1.82) is 0 Å². The molecule has 5 unspecified atom stereocenters. The van der Waals surface area contributed by atoms with Crippen molar-refractivity contribution < 1.29 is 61.4 Å². The molecule has 15 heteroatoms. The van der Waals surface area contributed by atoms with Crippen molar-refractivity contribution in [3.8, 4) is 0 Å². The zero-order valence-electron chi connectivity index (χ0n) is 18.7. The molecule has 11 atom stereocenters. The molecule has 3 aliphatic heterocycles. The van der Waals surface area contributed by atoms with Crippen LogP contribution in [-0.4, -0.2) is 85.0 Å². The molecular weight excluding hydrogens is 486 g/mol. The molecule has 33 heavy (non-hydrogen) atoms. The molecule has 0 bridgehead atoms. The molecule has 0 spiro atoms. The van der Waals surface area contributed by atoms with Gasteiger partial charge < -0.3 is 52.3 Å². The molecule has 0 aromatic heterocycles. The van der Waals surface area contributed by atoms with Gasteiger partial charge in [0, 0.05) is 19.3 Å². The van der Waals surface area contributed by atoms with Crippen LogP contribution in [0.2, 0.25) is 0 Å². The molecule has 3 aliphatic rings.